The summed E-state index contributed by atoms with van der Waals surface area (Å²) >= 11 is 1.61. The summed E-state index contributed by atoms with van der Waals surface area (Å²) in [6.07, 6.45) is 1.94. The first-order valence-corrected chi connectivity index (χ1v) is 7.45. The van der Waals surface area contributed by atoms with E-state index in [2.05, 4.69) is 0 Å². The van der Waals surface area contributed by atoms with Crippen LogP contribution in [0, 0.1) is 0 Å². The second-order valence-electron chi connectivity index (χ2n) is 3.17. The second kappa shape index (κ2) is 5.53. The van der Waals surface area contributed by atoms with Gasteiger partial charge in [-0.25, -0.2) is 8.42 Å². The van der Waals surface area contributed by atoms with Gasteiger partial charge in [-0.05, 0) is 30.7 Å². The fourth-order valence-electron chi connectivity index (χ4n) is 1.04. The zero-order chi connectivity index (χ0) is 11.3. The number of benzene rings is 1. The largest absolute Gasteiger partial charge is 0.396 e. The number of aliphatic hydroxyl groups is 1. The Hall–Kier alpha value is -0.520. The van der Waals surface area contributed by atoms with Crippen molar-refractivity contribution in [3.63, 3.8) is 0 Å². The molecule has 0 aliphatic carbocycles. The van der Waals surface area contributed by atoms with Crippen LogP contribution in [-0.4, -0.2) is 32.1 Å². The Morgan fingerprint density at radius 1 is 1.27 bits per heavy atom. The van der Waals surface area contributed by atoms with Crippen molar-refractivity contribution in [2.24, 2.45) is 0 Å². The van der Waals surface area contributed by atoms with Crippen LogP contribution in [0.5, 0.6) is 0 Å². The molecule has 84 valence electrons. The number of thioether (sulfide) groups is 1. The molecule has 1 rings (SSSR count). The van der Waals surface area contributed by atoms with Gasteiger partial charge in [0.25, 0.3) is 0 Å². The molecule has 1 aromatic carbocycles. The molecule has 0 bridgehead atoms. The highest BCUT2D eigenvalue weighted by molar-refractivity contribution is 7.99. The molecular formula is C10H14O3S2. The van der Waals surface area contributed by atoms with Crippen LogP contribution in [0.3, 0.4) is 0 Å². The standard InChI is InChI=1S/C10H14O3S2/c1-15(12,13)10-5-3-9(4-6-10)14-8-2-7-11/h3-6,11H,2,7-8H2,1H3. The first-order chi connectivity index (χ1) is 7.04. The van der Waals surface area contributed by atoms with Gasteiger partial charge in [0.15, 0.2) is 9.84 Å². The van der Waals surface area contributed by atoms with Gasteiger partial charge in [-0.15, -0.1) is 11.8 Å². The third-order valence-electron chi connectivity index (χ3n) is 1.82. The molecule has 1 N–H and O–H groups in total. The van der Waals surface area contributed by atoms with Crippen molar-refractivity contribution in [1.82, 2.24) is 0 Å². The Balaban J connectivity index is 2.65. The zero-order valence-electron chi connectivity index (χ0n) is 8.51. The van der Waals surface area contributed by atoms with Gasteiger partial charge in [0.05, 0.1) is 4.90 Å². The normalized spacial score (nSPS) is 11.6. The van der Waals surface area contributed by atoms with Crippen molar-refractivity contribution < 1.29 is 13.5 Å². The molecule has 0 fully saturated rings. The van der Waals surface area contributed by atoms with E-state index in [1.807, 2.05) is 0 Å². The number of rotatable bonds is 5. The van der Waals surface area contributed by atoms with Crippen LogP contribution in [0.4, 0.5) is 0 Å². The van der Waals surface area contributed by atoms with Gasteiger partial charge in [0.2, 0.25) is 0 Å². The third-order valence-corrected chi connectivity index (χ3v) is 4.05. The molecule has 5 heteroatoms. The Morgan fingerprint density at radius 3 is 2.33 bits per heavy atom. The van der Waals surface area contributed by atoms with Crippen LogP contribution in [-0.2, 0) is 9.84 Å². The Kier molecular flexibility index (Phi) is 4.63. The van der Waals surface area contributed by atoms with Crippen LogP contribution in [0.15, 0.2) is 34.1 Å². The predicted molar refractivity (Wildman–Crippen MR) is 62.0 cm³/mol. The van der Waals surface area contributed by atoms with E-state index in [1.54, 1.807) is 36.0 Å². The summed E-state index contributed by atoms with van der Waals surface area (Å²) in [5, 5.41) is 8.60. The lowest BCUT2D eigenvalue weighted by atomic mass is 10.4. The molecule has 0 radical (unpaired) electrons. The van der Waals surface area contributed by atoms with E-state index < -0.39 is 9.84 Å². The maximum Gasteiger partial charge on any atom is 0.175 e. The molecule has 15 heavy (non-hydrogen) atoms. The van der Waals surface area contributed by atoms with E-state index >= 15 is 0 Å². The molecule has 0 aromatic heterocycles. The molecule has 0 aliphatic heterocycles. The molecule has 3 nitrogen and oxygen atoms in total. The topological polar surface area (TPSA) is 54.4 Å². The minimum Gasteiger partial charge on any atom is -0.396 e. The summed E-state index contributed by atoms with van der Waals surface area (Å²) in [5.41, 5.74) is 0. The van der Waals surface area contributed by atoms with E-state index in [-0.39, 0.29) is 6.61 Å². The lowest BCUT2D eigenvalue weighted by molar-refractivity contribution is 0.296. The van der Waals surface area contributed by atoms with Crippen LogP contribution in [0.2, 0.25) is 0 Å². The summed E-state index contributed by atoms with van der Waals surface area (Å²) in [6, 6.07) is 6.80. The minimum absolute atomic E-state index is 0.189. The van der Waals surface area contributed by atoms with Gasteiger partial charge in [-0.2, -0.15) is 0 Å². The van der Waals surface area contributed by atoms with E-state index in [0.717, 1.165) is 17.1 Å². The number of aliphatic hydroxyl groups excluding tert-OH is 1. The van der Waals surface area contributed by atoms with Crippen molar-refractivity contribution >= 4 is 21.6 Å². The highest BCUT2D eigenvalue weighted by atomic mass is 32.2. The van der Waals surface area contributed by atoms with E-state index in [0.29, 0.717) is 4.90 Å². The van der Waals surface area contributed by atoms with Gasteiger partial charge in [-0.1, -0.05) is 0 Å². The average molecular weight is 246 g/mol. The monoisotopic (exact) mass is 246 g/mol. The molecule has 0 spiro atoms. The average Bonchev–Trinajstić information content (AvgIpc) is 2.18. The van der Waals surface area contributed by atoms with Crippen LogP contribution >= 0.6 is 11.8 Å². The van der Waals surface area contributed by atoms with Gasteiger partial charge < -0.3 is 5.11 Å². The fourth-order valence-corrected chi connectivity index (χ4v) is 2.51. The summed E-state index contributed by atoms with van der Waals surface area (Å²) in [5.74, 6) is 0.842. The van der Waals surface area contributed by atoms with Crippen molar-refractivity contribution in [3.8, 4) is 0 Å². The number of sulfone groups is 1. The maximum absolute atomic E-state index is 11.2. The molecule has 0 saturated carbocycles. The van der Waals surface area contributed by atoms with Gasteiger partial charge in [0, 0.05) is 23.5 Å². The number of hydrogen-bond acceptors (Lipinski definition) is 4. The van der Waals surface area contributed by atoms with Crippen LogP contribution in [0.1, 0.15) is 6.42 Å². The molecule has 1 aromatic rings. The van der Waals surface area contributed by atoms with Gasteiger partial charge in [-0.3, -0.25) is 0 Å². The predicted octanol–water partition coefficient (Wildman–Crippen LogP) is 1.56. The SMILES string of the molecule is CS(=O)(=O)c1ccc(SCCCO)cc1. The Morgan fingerprint density at radius 2 is 1.87 bits per heavy atom. The van der Waals surface area contributed by atoms with Crippen LogP contribution in [0.25, 0.3) is 0 Å². The van der Waals surface area contributed by atoms with Crippen molar-refractivity contribution in [3.05, 3.63) is 24.3 Å². The minimum atomic E-state index is -3.09. The Labute approximate surface area is 94.4 Å². The third kappa shape index (κ3) is 4.24. The molecule has 0 atom stereocenters. The first kappa shape index (κ1) is 12.5. The highest BCUT2D eigenvalue weighted by Crippen LogP contribution is 2.20. The second-order valence-corrected chi connectivity index (χ2v) is 6.35. The molecule has 0 heterocycles. The fraction of sp³-hybridized carbons (Fsp3) is 0.400. The lowest BCUT2D eigenvalue weighted by Gasteiger charge is -2.01. The maximum atomic E-state index is 11.2. The Bertz CT molecular complexity index is 395. The zero-order valence-corrected chi connectivity index (χ0v) is 10.1. The lowest BCUT2D eigenvalue weighted by Crippen LogP contribution is -1.96. The first-order valence-electron chi connectivity index (χ1n) is 4.58. The number of hydrogen-bond donors (Lipinski definition) is 1. The highest BCUT2D eigenvalue weighted by Gasteiger charge is 2.05. The summed E-state index contributed by atoms with van der Waals surface area (Å²) < 4.78 is 22.3. The smallest absolute Gasteiger partial charge is 0.175 e. The molecular weight excluding hydrogens is 232 g/mol. The van der Waals surface area contributed by atoms with E-state index in [4.69, 9.17) is 5.11 Å². The summed E-state index contributed by atoms with van der Waals surface area (Å²) in [4.78, 5) is 1.37. The molecule has 0 amide bonds. The van der Waals surface area contributed by atoms with Gasteiger partial charge in [0.1, 0.15) is 0 Å². The van der Waals surface area contributed by atoms with E-state index in [1.165, 1.54) is 6.26 Å². The molecule has 0 unspecified atom stereocenters. The molecule has 0 saturated heterocycles. The van der Waals surface area contributed by atoms with Crippen molar-refractivity contribution in [2.45, 2.75) is 16.2 Å². The quantitative estimate of drug-likeness (QED) is 0.633. The van der Waals surface area contributed by atoms with E-state index in [9.17, 15) is 8.42 Å². The van der Waals surface area contributed by atoms with Crippen molar-refractivity contribution in [1.29, 1.82) is 0 Å². The van der Waals surface area contributed by atoms with Gasteiger partial charge >= 0.3 is 0 Å². The van der Waals surface area contributed by atoms with Crippen molar-refractivity contribution in [2.75, 3.05) is 18.6 Å². The summed E-state index contributed by atoms with van der Waals surface area (Å²) in [7, 11) is -3.09. The van der Waals surface area contributed by atoms with Crippen LogP contribution < -0.4 is 0 Å². The summed E-state index contributed by atoms with van der Waals surface area (Å²) in [6.45, 7) is 0.189. The molecule has 0 aliphatic rings.